The molecule has 0 atom stereocenters. The maximum atomic E-state index is 14.0. The van der Waals surface area contributed by atoms with Gasteiger partial charge in [-0.2, -0.15) is 29.4 Å². The number of carbonyl (C=O) groups excluding carboxylic acids is 1. The number of carbonyl (C=O) groups is 1. The predicted octanol–water partition coefficient (Wildman–Crippen LogP) is 4.85. The first-order valence-corrected chi connectivity index (χ1v) is 10.7. The van der Waals surface area contributed by atoms with Gasteiger partial charge in [0.15, 0.2) is 0 Å². The van der Waals surface area contributed by atoms with Crippen LogP contribution in [0, 0.1) is 27.3 Å². The largest absolute Gasteiger partial charge is 2.00 e. The maximum Gasteiger partial charge on any atom is 2.00 e. The fraction of sp³-hybridized carbons (Fsp3) is 0.360. The van der Waals surface area contributed by atoms with Crippen LogP contribution in [-0.4, -0.2) is 85.2 Å². The van der Waals surface area contributed by atoms with Gasteiger partial charge >= 0.3 is 45.5 Å². The molecule has 0 unspecified atom stereocenters. The summed E-state index contributed by atoms with van der Waals surface area (Å²) < 4.78 is 29.7. The van der Waals surface area contributed by atoms with Crippen molar-refractivity contribution >= 4 is 62.9 Å². The Morgan fingerprint density at radius 1 is 1.21 bits per heavy atom. The van der Waals surface area contributed by atoms with Crippen LogP contribution >= 0.6 is 0 Å². The topological polar surface area (TPSA) is 63.1 Å². The fourth-order valence-corrected chi connectivity index (χ4v) is 4.18. The van der Waals surface area contributed by atoms with E-state index in [2.05, 4.69) is 21.5 Å². The maximum absolute atomic E-state index is 14.0. The molecule has 0 spiro atoms. The number of hydrogen-bond acceptors (Lipinski definition) is 4. The molecule has 176 valence electrons. The Labute approximate surface area is 237 Å². The number of rotatable bonds is 4. The van der Waals surface area contributed by atoms with Gasteiger partial charge in [0.05, 0.1) is 11.3 Å². The van der Waals surface area contributed by atoms with Gasteiger partial charge in [-0.15, -0.1) is 6.07 Å². The van der Waals surface area contributed by atoms with Gasteiger partial charge in [-0.1, -0.05) is 5.69 Å². The summed E-state index contributed by atoms with van der Waals surface area (Å²) in [5, 5.41) is 7.30. The van der Waals surface area contributed by atoms with E-state index in [1.165, 1.54) is 0 Å². The van der Waals surface area contributed by atoms with Crippen LogP contribution in [0.3, 0.4) is 0 Å². The molecule has 1 amide bonds. The average Bonchev–Trinajstić information content (AvgIpc) is 2.96. The number of alkyl halides is 2. The Morgan fingerprint density at radius 2 is 1.97 bits per heavy atom. The molecule has 3 aromatic rings. The number of aromatic nitrogens is 3. The number of nitrogens with zero attached hydrogens (tertiary/aromatic N) is 4. The average molecular weight is 541 g/mol. The minimum absolute atomic E-state index is 0. The molecule has 6 nitrogen and oxygen atoms in total. The summed E-state index contributed by atoms with van der Waals surface area (Å²) >= 11 is 0. The van der Waals surface area contributed by atoms with Crippen molar-refractivity contribution in [2.75, 3.05) is 23.3 Å². The van der Waals surface area contributed by atoms with Crippen molar-refractivity contribution in [3.63, 3.8) is 0 Å². The number of hydrogen-bond donors (Lipinski definition) is 1. The molecule has 3 heterocycles. The van der Waals surface area contributed by atoms with Crippen LogP contribution in [0.1, 0.15) is 40.9 Å². The zero-order chi connectivity index (χ0) is 22.9. The zero-order valence-corrected chi connectivity index (χ0v) is 23.6. The molecule has 9 heteroatoms. The van der Waals surface area contributed by atoms with Crippen molar-refractivity contribution in [2.24, 2.45) is 7.05 Å². The molecule has 1 fully saturated rings. The standard InChI is InChI=1S/C24H26F2N5O.CH3.Sr/c1-16-19(20-15-30(3)29-17(20)2)14-27-22(31-12-7-10-24(25,26)11-13-31)21(16)23(32)28-18-8-5-4-6-9-18;;/h4-5,8-9,14-15H,7,10-13H2,1-3H3,(H,28,32);1H3;/q2*-1;+2. The molecule has 1 N–H and O–H groups in total. The van der Waals surface area contributed by atoms with Gasteiger partial charge in [-0.25, -0.2) is 13.8 Å². The van der Waals surface area contributed by atoms with Crippen molar-refractivity contribution in [1.82, 2.24) is 14.8 Å². The summed E-state index contributed by atoms with van der Waals surface area (Å²) in [6, 6.07) is 9.93. The van der Waals surface area contributed by atoms with Crippen LogP contribution < -0.4 is 10.2 Å². The summed E-state index contributed by atoms with van der Waals surface area (Å²) in [5.74, 6) is -2.59. The Balaban J connectivity index is 0.00000204. The Bertz CT molecular complexity index is 1130. The van der Waals surface area contributed by atoms with E-state index < -0.39 is 5.92 Å². The number of anilines is 2. The van der Waals surface area contributed by atoms with E-state index in [4.69, 9.17) is 0 Å². The van der Waals surface area contributed by atoms with Crippen molar-refractivity contribution in [1.29, 1.82) is 0 Å². The number of aryl methyl sites for hydroxylation is 2. The SMILES string of the molecule is Cc1nn(C)cc1-c1cnc(N2CCCC(F)(F)CC2)c(C(=O)Nc2c[c-]ccc2)c1C.[CH3-].[Sr+2]. The third-order valence-corrected chi connectivity index (χ3v) is 5.83. The first kappa shape index (κ1) is 28.4. The van der Waals surface area contributed by atoms with Crippen LogP contribution in [0.25, 0.3) is 11.1 Å². The number of nitrogens with one attached hydrogen (secondary N) is 1. The van der Waals surface area contributed by atoms with Crippen molar-refractivity contribution < 1.29 is 13.6 Å². The van der Waals surface area contributed by atoms with E-state index in [9.17, 15) is 13.6 Å². The van der Waals surface area contributed by atoms with E-state index in [0.29, 0.717) is 30.0 Å². The second-order valence-corrected chi connectivity index (χ2v) is 8.24. The number of benzene rings is 1. The third-order valence-electron chi connectivity index (χ3n) is 5.83. The normalized spacial score (nSPS) is 15.0. The van der Waals surface area contributed by atoms with Gasteiger partial charge < -0.3 is 17.6 Å². The molecule has 0 aliphatic carbocycles. The number of pyridine rings is 1. The summed E-state index contributed by atoms with van der Waals surface area (Å²) in [7, 11) is 1.84. The van der Waals surface area contributed by atoms with Crippen LogP contribution in [0.5, 0.6) is 0 Å². The smallest absolute Gasteiger partial charge is 0.375 e. The Morgan fingerprint density at radius 3 is 2.62 bits per heavy atom. The molecule has 34 heavy (non-hydrogen) atoms. The molecule has 1 aromatic carbocycles. The minimum atomic E-state index is -2.70. The van der Waals surface area contributed by atoms with Gasteiger partial charge in [0.1, 0.15) is 5.82 Å². The molecular formula is C25H29F2N5OSr. The van der Waals surface area contributed by atoms with E-state index in [1.54, 1.807) is 40.0 Å². The summed E-state index contributed by atoms with van der Waals surface area (Å²) in [4.78, 5) is 19.8. The fourth-order valence-electron chi connectivity index (χ4n) is 4.18. The van der Waals surface area contributed by atoms with Crippen molar-refractivity contribution in [2.45, 2.75) is 39.0 Å². The van der Waals surface area contributed by atoms with E-state index in [1.807, 2.05) is 27.1 Å². The molecule has 1 aliphatic rings. The van der Waals surface area contributed by atoms with Crippen LogP contribution in [-0.2, 0) is 7.05 Å². The molecule has 1 aliphatic heterocycles. The van der Waals surface area contributed by atoms with Gasteiger partial charge in [0.25, 0.3) is 0 Å². The first-order chi connectivity index (χ1) is 15.2. The van der Waals surface area contributed by atoms with E-state index >= 15 is 0 Å². The van der Waals surface area contributed by atoms with E-state index in [0.717, 1.165) is 22.4 Å². The quantitative estimate of drug-likeness (QED) is 0.380. The molecule has 2 aromatic heterocycles. The third kappa shape index (κ3) is 6.24. The van der Waals surface area contributed by atoms with Gasteiger partial charge in [0, 0.05) is 56.5 Å². The van der Waals surface area contributed by atoms with Crippen LogP contribution in [0.2, 0.25) is 0 Å². The second-order valence-electron chi connectivity index (χ2n) is 8.24. The monoisotopic (exact) mass is 541 g/mol. The van der Waals surface area contributed by atoms with Gasteiger partial charge in [0.2, 0.25) is 11.8 Å². The van der Waals surface area contributed by atoms with E-state index in [-0.39, 0.29) is 78.2 Å². The molecule has 1 saturated heterocycles. The summed E-state index contributed by atoms with van der Waals surface area (Å²) in [6.07, 6.45) is 3.53. The summed E-state index contributed by atoms with van der Waals surface area (Å²) in [6.45, 7) is 4.33. The molecule has 0 saturated carbocycles. The number of halogens is 2. The number of amides is 1. The molecule has 0 radical (unpaired) electrons. The van der Waals surface area contributed by atoms with Crippen molar-refractivity contribution in [3.8, 4) is 11.1 Å². The second kappa shape index (κ2) is 11.7. The predicted molar refractivity (Wildman–Crippen MR) is 132 cm³/mol. The molecule has 4 rings (SSSR count). The van der Waals surface area contributed by atoms with Crippen molar-refractivity contribution in [3.05, 3.63) is 67.0 Å². The first-order valence-electron chi connectivity index (χ1n) is 10.7. The molecule has 0 bridgehead atoms. The van der Waals surface area contributed by atoms with Crippen LogP contribution in [0.15, 0.2) is 36.7 Å². The summed E-state index contributed by atoms with van der Waals surface area (Å²) in [5.41, 5.74) is 4.23. The Kier molecular flexibility index (Phi) is 9.82. The van der Waals surface area contributed by atoms with Gasteiger partial charge in [-0.05, 0) is 25.8 Å². The van der Waals surface area contributed by atoms with Gasteiger partial charge in [-0.3, -0.25) is 9.48 Å². The minimum Gasteiger partial charge on any atom is -0.375 e. The van der Waals surface area contributed by atoms with Crippen LogP contribution in [0.4, 0.5) is 20.3 Å². The zero-order valence-electron chi connectivity index (χ0n) is 20.2. The Hall–Kier alpha value is -1.81. The molecular weight excluding hydrogens is 512 g/mol.